The van der Waals surface area contributed by atoms with Gasteiger partial charge in [0.15, 0.2) is 0 Å². The molecule has 3 nitrogen and oxygen atoms in total. The molecule has 0 radical (unpaired) electrons. The van der Waals surface area contributed by atoms with Crippen LogP contribution in [0.3, 0.4) is 0 Å². The molecule has 0 aliphatic rings. The minimum absolute atomic E-state index is 0.0528. The summed E-state index contributed by atoms with van der Waals surface area (Å²) >= 11 is 0. The van der Waals surface area contributed by atoms with Gasteiger partial charge >= 0.3 is 0 Å². The van der Waals surface area contributed by atoms with Crippen molar-refractivity contribution in [2.45, 2.75) is 13.8 Å². The smallest absolute Gasteiger partial charge is 0.254 e. The van der Waals surface area contributed by atoms with E-state index >= 15 is 0 Å². The maximum atomic E-state index is 12.9. The third-order valence-electron chi connectivity index (χ3n) is 3.79. The highest BCUT2D eigenvalue weighted by Crippen LogP contribution is 2.22. The quantitative estimate of drug-likeness (QED) is 0.594. The predicted molar refractivity (Wildman–Crippen MR) is 95.2 cm³/mol. The summed E-state index contributed by atoms with van der Waals surface area (Å²) in [6.45, 7) is 5.39. The van der Waals surface area contributed by atoms with E-state index in [0.29, 0.717) is 18.7 Å². The average molecular weight is 309 g/mol. The Morgan fingerprint density at radius 2 is 1.61 bits per heavy atom. The molecule has 0 unspecified atom stereocenters. The molecule has 0 saturated carbocycles. The largest absolute Gasteiger partial charge is 0.497 e. The Kier molecular flexibility index (Phi) is 5.98. The Morgan fingerprint density at radius 3 is 2.13 bits per heavy atom. The van der Waals surface area contributed by atoms with E-state index in [2.05, 4.69) is 0 Å². The Hall–Kier alpha value is -2.55. The van der Waals surface area contributed by atoms with Crippen molar-refractivity contribution < 1.29 is 9.53 Å². The molecule has 0 saturated heterocycles. The Morgan fingerprint density at radius 1 is 1.00 bits per heavy atom. The lowest BCUT2D eigenvalue weighted by Crippen LogP contribution is -2.31. The van der Waals surface area contributed by atoms with Gasteiger partial charge in [-0.25, -0.2) is 0 Å². The summed E-state index contributed by atoms with van der Waals surface area (Å²) < 4.78 is 5.18. The second kappa shape index (κ2) is 8.18. The Labute approximate surface area is 138 Å². The predicted octanol–water partition coefficient (Wildman–Crippen LogP) is 4.10. The van der Waals surface area contributed by atoms with Crippen molar-refractivity contribution in [3.8, 4) is 5.75 Å². The lowest BCUT2D eigenvalue weighted by atomic mass is 10.0. The SMILES string of the molecule is CCN(CC)C(=O)/C(=C/c1ccc(OC)cc1)c1ccccc1. The number of ether oxygens (including phenoxy) is 1. The van der Waals surface area contributed by atoms with E-state index in [9.17, 15) is 4.79 Å². The van der Waals surface area contributed by atoms with Crippen LogP contribution in [0.2, 0.25) is 0 Å². The second-order valence-corrected chi connectivity index (χ2v) is 5.17. The highest BCUT2D eigenvalue weighted by molar-refractivity contribution is 6.24. The van der Waals surface area contributed by atoms with E-state index in [-0.39, 0.29) is 5.91 Å². The van der Waals surface area contributed by atoms with E-state index in [1.165, 1.54) is 0 Å². The van der Waals surface area contributed by atoms with Crippen LogP contribution in [0.15, 0.2) is 54.6 Å². The standard InChI is InChI=1S/C20H23NO2/c1-4-21(5-2)20(22)19(17-9-7-6-8-10-17)15-16-11-13-18(23-3)14-12-16/h6-15H,4-5H2,1-3H3/b19-15+. The van der Waals surface area contributed by atoms with Gasteiger partial charge in [0.05, 0.1) is 7.11 Å². The number of carbonyl (C=O) groups is 1. The average Bonchev–Trinajstić information content (AvgIpc) is 2.62. The first-order valence-electron chi connectivity index (χ1n) is 7.90. The molecule has 0 heterocycles. The van der Waals surface area contributed by atoms with Crippen molar-refractivity contribution in [1.82, 2.24) is 4.90 Å². The topological polar surface area (TPSA) is 29.5 Å². The van der Waals surface area contributed by atoms with Crippen LogP contribution in [0.1, 0.15) is 25.0 Å². The van der Waals surface area contributed by atoms with Gasteiger partial charge in [0.25, 0.3) is 5.91 Å². The van der Waals surface area contributed by atoms with Crippen molar-refractivity contribution in [2.75, 3.05) is 20.2 Å². The maximum absolute atomic E-state index is 12.9. The molecule has 0 aliphatic carbocycles. The summed E-state index contributed by atoms with van der Waals surface area (Å²) in [7, 11) is 1.64. The summed E-state index contributed by atoms with van der Waals surface area (Å²) in [4.78, 5) is 14.7. The maximum Gasteiger partial charge on any atom is 0.254 e. The molecule has 0 bridgehead atoms. The molecule has 0 spiro atoms. The van der Waals surface area contributed by atoms with Gasteiger partial charge in [-0.1, -0.05) is 42.5 Å². The molecule has 2 aromatic rings. The lowest BCUT2D eigenvalue weighted by molar-refractivity contribution is -0.124. The summed E-state index contributed by atoms with van der Waals surface area (Å²) in [6, 6.07) is 17.5. The van der Waals surface area contributed by atoms with E-state index in [0.717, 1.165) is 16.9 Å². The van der Waals surface area contributed by atoms with Crippen LogP contribution in [0.4, 0.5) is 0 Å². The van der Waals surface area contributed by atoms with Gasteiger partial charge < -0.3 is 9.64 Å². The summed E-state index contributed by atoms with van der Waals surface area (Å²) in [6.07, 6.45) is 1.94. The summed E-state index contributed by atoms with van der Waals surface area (Å²) in [5.41, 5.74) is 2.62. The fourth-order valence-corrected chi connectivity index (χ4v) is 2.43. The normalized spacial score (nSPS) is 11.2. The zero-order chi connectivity index (χ0) is 16.7. The van der Waals surface area contributed by atoms with Gasteiger partial charge in [0.1, 0.15) is 5.75 Å². The third kappa shape index (κ3) is 4.22. The van der Waals surface area contributed by atoms with Crippen molar-refractivity contribution >= 4 is 17.6 Å². The molecule has 120 valence electrons. The number of amides is 1. The second-order valence-electron chi connectivity index (χ2n) is 5.17. The fourth-order valence-electron chi connectivity index (χ4n) is 2.43. The number of hydrogen-bond donors (Lipinski definition) is 0. The number of rotatable bonds is 6. The van der Waals surface area contributed by atoms with E-state index in [1.807, 2.05) is 79.4 Å². The minimum atomic E-state index is 0.0528. The highest BCUT2D eigenvalue weighted by atomic mass is 16.5. The zero-order valence-electron chi connectivity index (χ0n) is 14.0. The van der Waals surface area contributed by atoms with Crippen LogP contribution in [0.5, 0.6) is 5.75 Å². The fraction of sp³-hybridized carbons (Fsp3) is 0.250. The molecule has 2 rings (SSSR count). The van der Waals surface area contributed by atoms with Crippen LogP contribution in [0.25, 0.3) is 11.6 Å². The first kappa shape index (κ1) is 16.8. The van der Waals surface area contributed by atoms with Gasteiger partial charge in [-0.3, -0.25) is 4.79 Å². The van der Waals surface area contributed by atoms with Crippen LogP contribution in [-0.4, -0.2) is 31.0 Å². The molecule has 23 heavy (non-hydrogen) atoms. The van der Waals surface area contributed by atoms with Gasteiger partial charge in [-0.15, -0.1) is 0 Å². The molecule has 0 atom stereocenters. The number of hydrogen-bond acceptors (Lipinski definition) is 2. The number of nitrogens with zero attached hydrogens (tertiary/aromatic N) is 1. The third-order valence-corrected chi connectivity index (χ3v) is 3.79. The first-order chi connectivity index (χ1) is 11.2. The van der Waals surface area contributed by atoms with E-state index < -0.39 is 0 Å². The highest BCUT2D eigenvalue weighted by Gasteiger charge is 2.17. The zero-order valence-corrected chi connectivity index (χ0v) is 14.0. The number of benzene rings is 2. The first-order valence-corrected chi connectivity index (χ1v) is 7.90. The van der Waals surface area contributed by atoms with Gasteiger partial charge in [0.2, 0.25) is 0 Å². The molecule has 0 aromatic heterocycles. The van der Waals surface area contributed by atoms with E-state index in [1.54, 1.807) is 7.11 Å². The van der Waals surface area contributed by atoms with Crippen LogP contribution < -0.4 is 4.74 Å². The summed E-state index contributed by atoms with van der Waals surface area (Å²) in [5.74, 6) is 0.857. The van der Waals surface area contributed by atoms with Crippen molar-refractivity contribution in [3.05, 3.63) is 65.7 Å². The monoisotopic (exact) mass is 309 g/mol. The van der Waals surface area contributed by atoms with Crippen molar-refractivity contribution in [3.63, 3.8) is 0 Å². The van der Waals surface area contributed by atoms with Crippen LogP contribution in [-0.2, 0) is 4.79 Å². The van der Waals surface area contributed by atoms with Gasteiger partial charge in [0, 0.05) is 18.7 Å². The Bertz CT molecular complexity index is 656. The molecule has 2 aromatic carbocycles. The molecular weight excluding hydrogens is 286 g/mol. The van der Waals surface area contributed by atoms with Crippen molar-refractivity contribution in [1.29, 1.82) is 0 Å². The van der Waals surface area contributed by atoms with Crippen LogP contribution >= 0.6 is 0 Å². The van der Waals surface area contributed by atoms with Crippen LogP contribution in [0, 0.1) is 0 Å². The molecule has 1 amide bonds. The number of methoxy groups -OCH3 is 1. The minimum Gasteiger partial charge on any atom is -0.497 e. The molecule has 0 fully saturated rings. The Balaban J connectivity index is 2.44. The van der Waals surface area contributed by atoms with E-state index in [4.69, 9.17) is 4.74 Å². The van der Waals surface area contributed by atoms with Gasteiger partial charge in [-0.05, 0) is 43.2 Å². The molecule has 3 heteroatoms. The number of likely N-dealkylation sites (N-methyl/N-ethyl adjacent to an activating group) is 1. The lowest BCUT2D eigenvalue weighted by Gasteiger charge is -2.20. The number of carbonyl (C=O) groups excluding carboxylic acids is 1. The summed E-state index contributed by atoms with van der Waals surface area (Å²) in [5, 5.41) is 0. The van der Waals surface area contributed by atoms with Gasteiger partial charge in [-0.2, -0.15) is 0 Å². The molecule has 0 aliphatic heterocycles. The van der Waals surface area contributed by atoms with Crippen molar-refractivity contribution in [2.24, 2.45) is 0 Å². The molecule has 0 N–H and O–H groups in total. The molecular formula is C20H23NO2.